The Morgan fingerprint density at radius 3 is 0.833 bits per heavy atom. The molecule has 1 unspecified atom stereocenters. The van der Waals surface area contributed by atoms with E-state index in [9.17, 15) is 14.7 Å². The minimum absolute atomic E-state index is 0.0629. The number of carbonyl (C=O) groups excluding carboxylic acids is 2. The fourth-order valence-corrected chi connectivity index (χ4v) is 10.6. The number of esters is 2. The minimum atomic E-state index is -0.774. The van der Waals surface area contributed by atoms with Crippen LogP contribution < -0.4 is 0 Å². The van der Waals surface area contributed by atoms with E-state index in [4.69, 9.17) is 9.47 Å². The van der Waals surface area contributed by atoms with Crippen LogP contribution in [0, 0.1) is 0 Å². The van der Waals surface area contributed by atoms with Crippen LogP contribution in [0.25, 0.3) is 0 Å². The quantitative estimate of drug-likeness (QED) is 0.0373. The van der Waals surface area contributed by atoms with Gasteiger partial charge in [-0.3, -0.25) is 9.59 Å². The molecular weight excluding hydrogens is 957 g/mol. The molecule has 0 saturated carbocycles. The predicted octanol–water partition coefficient (Wildman–Crippen LogP) is 24.1. The highest BCUT2D eigenvalue weighted by Crippen LogP contribution is 2.19. The Hall–Kier alpha value is -2.40. The van der Waals surface area contributed by atoms with Gasteiger partial charge in [-0.25, -0.2) is 0 Å². The molecule has 1 N–H and O–H groups in total. The van der Waals surface area contributed by atoms with Crippen molar-refractivity contribution in [3.05, 3.63) is 60.8 Å². The van der Waals surface area contributed by atoms with Gasteiger partial charge in [0.2, 0.25) is 0 Å². The largest absolute Gasteiger partial charge is 0.462 e. The Morgan fingerprint density at radius 1 is 0.308 bits per heavy atom. The van der Waals surface area contributed by atoms with Crippen LogP contribution in [0.3, 0.4) is 0 Å². The van der Waals surface area contributed by atoms with Gasteiger partial charge < -0.3 is 14.6 Å². The van der Waals surface area contributed by atoms with Crippen LogP contribution in [0.4, 0.5) is 0 Å². The van der Waals surface area contributed by atoms with Gasteiger partial charge >= 0.3 is 11.9 Å². The third kappa shape index (κ3) is 66.1. The molecule has 1 atom stereocenters. The standard InChI is InChI=1S/C73H134O5/c1-3-5-7-9-11-13-15-17-19-21-23-25-27-29-31-33-34-35-36-37-38-40-41-43-45-47-49-51-53-55-57-59-61-63-65-67-72(75)77-70-71(69-74)78-73(76)68-66-64-62-60-58-56-54-52-50-48-46-44-42-39-32-30-28-26-24-22-20-18-16-14-12-10-8-6-4-2/h6,8,12,14,18,20,24,26,30,32,71,74H,3-5,7,9-11,13,15-17,19,21-23,25,27-29,31,33-70H2,1-2H3/b8-6-,14-12-,20-18-,26-24-,32-30-. The van der Waals surface area contributed by atoms with Crippen LogP contribution in [0.1, 0.15) is 373 Å². The summed E-state index contributed by atoms with van der Waals surface area (Å²) in [5, 5.41) is 9.70. The number of carbonyl (C=O) groups is 2. The molecule has 5 heteroatoms. The predicted molar refractivity (Wildman–Crippen MR) is 344 cm³/mol. The molecule has 0 bridgehead atoms. The Bertz CT molecular complexity index is 1330. The van der Waals surface area contributed by atoms with Gasteiger partial charge in [0.05, 0.1) is 6.61 Å². The Kier molecular flexibility index (Phi) is 66.8. The number of hydrogen-bond acceptors (Lipinski definition) is 5. The van der Waals surface area contributed by atoms with Crippen molar-refractivity contribution >= 4 is 11.9 Å². The number of allylic oxidation sites excluding steroid dienone is 10. The Morgan fingerprint density at radius 2 is 0.551 bits per heavy atom. The molecule has 0 aromatic carbocycles. The third-order valence-electron chi connectivity index (χ3n) is 15.8. The van der Waals surface area contributed by atoms with Crippen LogP contribution >= 0.6 is 0 Å². The van der Waals surface area contributed by atoms with E-state index in [2.05, 4.69) is 74.6 Å². The van der Waals surface area contributed by atoms with Crippen molar-refractivity contribution in [3.8, 4) is 0 Å². The molecule has 0 aromatic rings. The maximum atomic E-state index is 12.4. The molecule has 0 aliphatic carbocycles. The summed E-state index contributed by atoms with van der Waals surface area (Å²) in [7, 11) is 0. The lowest BCUT2D eigenvalue weighted by atomic mass is 10.0. The Labute approximate surface area is 487 Å². The molecule has 456 valence electrons. The van der Waals surface area contributed by atoms with E-state index in [1.54, 1.807) is 0 Å². The van der Waals surface area contributed by atoms with Crippen molar-refractivity contribution in [2.75, 3.05) is 13.2 Å². The van der Waals surface area contributed by atoms with Crippen molar-refractivity contribution < 1.29 is 24.2 Å². The molecule has 0 aliphatic rings. The number of hydrogen-bond donors (Lipinski definition) is 1. The molecule has 0 amide bonds. The van der Waals surface area contributed by atoms with E-state index in [0.717, 1.165) is 64.2 Å². The van der Waals surface area contributed by atoms with Crippen molar-refractivity contribution in [1.82, 2.24) is 0 Å². The van der Waals surface area contributed by atoms with Crippen molar-refractivity contribution in [1.29, 1.82) is 0 Å². The molecule has 5 nitrogen and oxygen atoms in total. The first-order valence-electron chi connectivity index (χ1n) is 34.8. The van der Waals surface area contributed by atoms with Crippen LogP contribution in [-0.4, -0.2) is 36.4 Å². The summed E-state index contributed by atoms with van der Waals surface area (Å²) in [5.74, 6) is -0.574. The highest BCUT2D eigenvalue weighted by Gasteiger charge is 2.16. The first-order valence-corrected chi connectivity index (χ1v) is 34.8. The van der Waals surface area contributed by atoms with Crippen LogP contribution in [0.15, 0.2) is 60.8 Å². The second-order valence-electron chi connectivity index (χ2n) is 23.6. The fraction of sp³-hybridized carbons (Fsp3) is 0.836. The van der Waals surface area contributed by atoms with Gasteiger partial charge in [0.15, 0.2) is 6.10 Å². The zero-order chi connectivity index (χ0) is 56.2. The van der Waals surface area contributed by atoms with Crippen molar-refractivity contribution in [3.63, 3.8) is 0 Å². The molecule has 0 saturated heterocycles. The zero-order valence-electron chi connectivity index (χ0n) is 52.4. The fourth-order valence-electron chi connectivity index (χ4n) is 10.6. The minimum Gasteiger partial charge on any atom is -0.462 e. The van der Waals surface area contributed by atoms with Gasteiger partial charge in [-0.05, 0) is 57.8 Å². The van der Waals surface area contributed by atoms with E-state index >= 15 is 0 Å². The summed E-state index contributed by atoms with van der Waals surface area (Å²) < 4.78 is 10.8. The second-order valence-corrected chi connectivity index (χ2v) is 23.6. The number of ether oxygens (including phenoxy) is 2. The number of unbranched alkanes of at least 4 members (excludes halogenated alkanes) is 47. The molecule has 78 heavy (non-hydrogen) atoms. The van der Waals surface area contributed by atoms with Gasteiger partial charge in [-0.2, -0.15) is 0 Å². The van der Waals surface area contributed by atoms with E-state index < -0.39 is 6.10 Å². The first-order chi connectivity index (χ1) is 38.6. The lowest BCUT2D eigenvalue weighted by Crippen LogP contribution is -2.28. The summed E-state index contributed by atoms with van der Waals surface area (Å²) in [6.07, 6.45) is 94.1. The summed E-state index contributed by atoms with van der Waals surface area (Å²) in [6, 6.07) is 0. The van der Waals surface area contributed by atoms with Crippen molar-refractivity contribution in [2.45, 2.75) is 380 Å². The van der Waals surface area contributed by atoms with Gasteiger partial charge in [0, 0.05) is 12.8 Å². The maximum absolute atomic E-state index is 12.4. The molecule has 0 fully saturated rings. The summed E-state index contributed by atoms with van der Waals surface area (Å²) >= 11 is 0. The number of rotatable bonds is 65. The number of aliphatic hydroxyl groups excluding tert-OH is 1. The summed E-state index contributed by atoms with van der Waals surface area (Å²) in [5.41, 5.74) is 0. The second kappa shape index (κ2) is 68.9. The number of aliphatic hydroxyl groups is 1. The topological polar surface area (TPSA) is 72.8 Å². The van der Waals surface area contributed by atoms with Gasteiger partial charge in [0.25, 0.3) is 0 Å². The van der Waals surface area contributed by atoms with Crippen molar-refractivity contribution in [2.24, 2.45) is 0 Å². The first kappa shape index (κ1) is 75.6. The molecule has 0 aliphatic heterocycles. The molecule has 0 aromatic heterocycles. The van der Waals surface area contributed by atoms with E-state index in [-0.39, 0.29) is 25.2 Å². The van der Waals surface area contributed by atoms with Crippen LogP contribution in [0.2, 0.25) is 0 Å². The molecule has 0 radical (unpaired) electrons. The highest BCUT2D eigenvalue weighted by atomic mass is 16.6. The normalized spacial score (nSPS) is 12.5. The van der Waals surface area contributed by atoms with Gasteiger partial charge in [-0.15, -0.1) is 0 Å². The maximum Gasteiger partial charge on any atom is 0.306 e. The smallest absolute Gasteiger partial charge is 0.306 e. The summed E-state index contributed by atoms with van der Waals surface area (Å²) in [4.78, 5) is 24.6. The average molecular weight is 1090 g/mol. The molecular formula is C73H134O5. The Balaban J connectivity index is 3.40. The molecule has 0 rings (SSSR count). The van der Waals surface area contributed by atoms with E-state index in [0.29, 0.717) is 12.8 Å². The zero-order valence-corrected chi connectivity index (χ0v) is 52.4. The average Bonchev–Trinajstić information content (AvgIpc) is 3.44. The molecule has 0 spiro atoms. The lowest BCUT2D eigenvalue weighted by Gasteiger charge is -2.15. The van der Waals surface area contributed by atoms with Gasteiger partial charge in [0.1, 0.15) is 6.61 Å². The van der Waals surface area contributed by atoms with Gasteiger partial charge in [-0.1, -0.05) is 364 Å². The third-order valence-corrected chi connectivity index (χ3v) is 15.8. The van der Waals surface area contributed by atoms with E-state index in [1.807, 2.05) is 0 Å². The SMILES string of the molecule is CC/C=C\C/C=C\C/C=C\C/C=C\C/C=C\CCCCCCCCCCCCCCCC(=O)OC(CO)COC(=O)CCCCCCCCCCCCCCCCCCCCCCCCCCCCCCCCCCCCC. The lowest BCUT2D eigenvalue weighted by molar-refractivity contribution is -0.161. The van der Waals surface area contributed by atoms with E-state index in [1.165, 1.54) is 283 Å². The highest BCUT2D eigenvalue weighted by molar-refractivity contribution is 5.70. The summed E-state index contributed by atoms with van der Waals surface area (Å²) in [6.45, 7) is 4.08. The van der Waals surface area contributed by atoms with Crippen LogP contribution in [-0.2, 0) is 19.1 Å². The molecule has 0 heterocycles. The monoisotopic (exact) mass is 1090 g/mol. The van der Waals surface area contributed by atoms with Crippen LogP contribution in [0.5, 0.6) is 0 Å².